The van der Waals surface area contributed by atoms with Crippen molar-refractivity contribution in [3.05, 3.63) is 71.6 Å². The number of rotatable bonds is 4. The Hall–Kier alpha value is -3.32. The zero-order chi connectivity index (χ0) is 16.8. The van der Waals surface area contributed by atoms with Crippen molar-refractivity contribution in [1.82, 2.24) is 4.98 Å². The third-order valence-electron chi connectivity index (χ3n) is 3.33. The molecular weight excluding hydrogens is 302 g/mol. The van der Waals surface area contributed by atoms with Gasteiger partial charge < -0.3 is 9.15 Å². The van der Waals surface area contributed by atoms with E-state index in [2.05, 4.69) is 16.8 Å². The fourth-order valence-electron chi connectivity index (χ4n) is 2.13. The predicted octanol–water partition coefficient (Wildman–Crippen LogP) is 3.89. The molecule has 0 N–H and O–H groups in total. The zero-order valence-electron chi connectivity index (χ0n) is 13.2. The van der Waals surface area contributed by atoms with E-state index in [1.165, 1.54) is 0 Å². The van der Waals surface area contributed by atoms with E-state index in [0.717, 1.165) is 11.8 Å². The Kier molecular flexibility index (Phi) is 4.73. The summed E-state index contributed by atoms with van der Waals surface area (Å²) in [5, 5.41) is 0. The molecule has 3 aromatic rings. The van der Waals surface area contributed by atoms with Gasteiger partial charge in [-0.25, -0.2) is 4.98 Å². The maximum Gasteiger partial charge on any atom is 0.227 e. The quantitative estimate of drug-likeness (QED) is 0.541. The van der Waals surface area contributed by atoms with E-state index in [0.29, 0.717) is 28.7 Å². The van der Waals surface area contributed by atoms with Crippen LogP contribution in [0.3, 0.4) is 0 Å². The molecule has 0 atom stereocenters. The average Bonchev–Trinajstić information content (AvgIpc) is 3.00. The van der Waals surface area contributed by atoms with Gasteiger partial charge in [0.15, 0.2) is 5.69 Å². The third kappa shape index (κ3) is 3.71. The molecule has 3 rings (SSSR count). The van der Waals surface area contributed by atoms with E-state index >= 15 is 0 Å². The normalized spacial score (nSPS) is 9.88. The van der Waals surface area contributed by atoms with Crippen LogP contribution in [0.4, 0.5) is 0 Å². The molecule has 0 aliphatic heterocycles. The smallest absolute Gasteiger partial charge is 0.227 e. The molecule has 0 amide bonds. The highest BCUT2D eigenvalue weighted by Crippen LogP contribution is 2.20. The van der Waals surface area contributed by atoms with Gasteiger partial charge in [-0.05, 0) is 37.1 Å². The second-order valence-corrected chi connectivity index (χ2v) is 5.07. The van der Waals surface area contributed by atoms with Crippen molar-refractivity contribution >= 4 is 6.29 Å². The Morgan fingerprint density at radius 2 is 2.00 bits per heavy atom. The minimum Gasteiger partial charge on any atom is -0.481 e. The van der Waals surface area contributed by atoms with Gasteiger partial charge in [-0.2, -0.15) is 0 Å². The molecule has 24 heavy (non-hydrogen) atoms. The van der Waals surface area contributed by atoms with E-state index in [1.54, 1.807) is 24.3 Å². The van der Waals surface area contributed by atoms with Crippen LogP contribution < -0.4 is 4.74 Å². The first-order chi connectivity index (χ1) is 11.8. The van der Waals surface area contributed by atoms with E-state index in [9.17, 15) is 4.79 Å². The van der Waals surface area contributed by atoms with Gasteiger partial charge in [-0.3, -0.25) is 4.79 Å². The summed E-state index contributed by atoms with van der Waals surface area (Å²) in [6, 6.07) is 16.6. The van der Waals surface area contributed by atoms with Crippen molar-refractivity contribution in [2.24, 2.45) is 0 Å². The zero-order valence-corrected chi connectivity index (χ0v) is 13.2. The molecule has 0 fully saturated rings. The van der Waals surface area contributed by atoms with Gasteiger partial charge in [0.1, 0.15) is 24.4 Å². The average molecular weight is 317 g/mol. The summed E-state index contributed by atoms with van der Waals surface area (Å²) in [5.41, 5.74) is 2.08. The van der Waals surface area contributed by atoms with Crippen LogP contribution in [-0.2, 0) is 0 Å². The van der Waals surface area contributed by atoms with Crippen LogP contribution in [0.15, 0.2) is 59.0 Å². The van der Waals surface area contributed by atoms with Crippen molar-refractivity contribution in [2.45, 2.75) is 6.92 Å². The number of ether oxygens (including phenoxy) is 1. The Morgan fingerprint density at radius 1 is 1.17 bits per heavy atom. The maximum absolute atomic E-state index is 10.7. The van der Waals surface area contributed by atoms with Gasteiger partial charge >= 0.3 is 0 Å². The van der Waals surface area contributed by atoms with Gasteiger partial charge in [-0.1, -0.05) is 36.3 Å². The first kappa shape index (κ1) is 15.6. The Balaban J connectivity index is 1.68. The van der Waals surface area contributed by atoms with E-state index < -0.39 is 0 Å². The molecule has 4 heteroatoms. The fraction of sp³-hybridized carbons (Fsp3) is 0.100. The number of aryl methyl sites for hydroxylation is 1. The molecular formula is C20H15NO3. The minimum atomic E-state index is 0.204. The van der Waals surface area contributed by atoms with Gasteiger partial charge in [0, 0.05) is 11.1 Å². The second-order valence-electron chi connectivity index (χ2n) is 5.07. The predicted molar refractivity (Wildman–Crippen MR) is 90.9 cm³/mol. The van der Waals surface area contributed by atoms with Crippen molar-refractivity contribution in [3.63, 3.8) is 0 Å². The van der Waals surface area contributed by atoms with Crippen molar-refractivity contribution in [2.75, 3.05) is 6.61 Å². The van der Waals surface area contributed by atoms with Gasteiger partial charge in [-0.15, -0.1) is 0 Å². The van der Waals surface area contributed by atoms with Crippen LogP contribution >= 0.6 is 0 Å². The van der Waals surface area contributed by atoms with Gasteiger partial charge in [0.05, 0.1) is 0 Å². The fourth-order valence-corrected chi connectivity index (χ4v) is 2.13. The van der Waals surface area contributed by atoms with E-state index in [-0.39, 0.29) is 6.61 Å². The summed E-state index contributed by atoms with van der Waals surface area (Å²) >= 11 is 0. The van der Waals surface area contributed by atoms with E-state index in [1.807, 2.05) is 37.3 Å². The molecule has 0 unspecified atom stereocenters. The molecule has 0 bridgehead atoms. The lowest BCUT2D eigenvalue weighted by Crippen LogP contribution is -1.94. The standard InChI is InChI=1S/C20H15NO3/c1-15-19(21-20(24-15)17-8-3-2-4-9-17)11-6-12-23-18-10-5-7-16(13-18)14-22/h2-5,7-10,13-14H,12H2,1H3. The van der Waals surface area contributed by atoms with Crippen LogP contribution in [0, 0.1) is 18.8 Å². The molecule has 2 aromatic carbocycles. The summed E-state index contributed by atoms with van der Waals surface area (Å²) in [6.07, 6.45) is 0.780. The molecule has 0 spiro atoms. The monoisotopic (exact) mass is 317 g/mol. The highest BCUT2D eigenvalue weighted by atomic mass is 16.5. The topological polar surface area (TPSA) is 52.3 Å². The highest BCUT2D eigenvalue weighted by molar-refractivity contribution is 5.75. The molecule has 0 radical (unpaired) electrons. The largest absolute Gasteiger partial charge is 0.481 e. The first-order valence-corrected chi connectivity index (χ1v) is 7.46. The number of carbonyl (C=O) groups is 1. The van der Waals surface area contributed by atoms with Crippen LogP contribution in [0.1, 0.15) is 21.8 Å². The van der Waals surface area contributed by atoms with Crippen molar-refractivity contribution in [3.8, 4) is 29.0 Å². The lowest BCUT2D eigenvalue weighted by Gasteiger charge is -2.01. The number of benzene rings is 2. The Bertz CT molecular complexity index is 901. The van der Waals surface area contributed by atoms with Gasteiger partial charge in [0.2, 0.25) is 5.89 Å². The number of aldehydes is 1. The number of nitrogens with zero attached hydrogens (tertiary/aromatic N) is 1. The van der Waals surface area contributed by atoms with Crippen LogP contribution in [0.25, 0.3) is 11.5 Å². The third-order valence-corrected chi connectivity index (χ3v) is 3.33. The number of hydrogen-bond donors (Lipinski definition) is 0. The summed E-state index contributed by atoms with van der Waals surface area (Å²) in [4.78, 5) is 15.1. The first-order valence-electron chi connectivity index (χ1n) is 7.46. The van der Waals surface area contributed by atoms with E-state index in [4.69, 9.17) is 9.15 Å². The Labute approximate surface area is 140 Å². The number of hydrogen-bond acceptors (Lipinski definition) is 4. The van der Waals surface area contributed by atoms with Crippen molar-refractivity contribution in [1.29, 1.82) is 0 Å². The summed E-state index contributed by atoms with van der Waals surface area (Å²) in [5.74, 6) is 7.69. The lowest BCUT2D eigenvalue weighted by atomic mass is 10.2. The summed E-state index contributed by atoms with van der Waals surface area (Å²) < 4.78 is 11.2. The summed E-state index contributed by atoms with van der Waals surface area (Å²) in [7, 11) is 0. The van der Waals surface area contributed by atoms with Crippen LogP contribution in [0.2, 0.25) is 0 Å². The Morgan fingerprint density at radius 3 is 2.79 bits per heavy atom. The number of carbonyl (C=O) groups excluding carboxylic acids is 1. The molecule has 1 aromatic heterocycles. The molecule has 0 aliphatic carbocycles. The lowest BCUT2D eigenvalue weighted by molar-refractivity contribution is 0.112. The molecule has 0 saturated carbocycles. The highest BCUT2D eigenvalue weighted by Gasteiger charge is 2.08. The molecule has 0 aliphatic rings. The molecule has 4 nitrogen and oxygen atoms in total. The molecule has 1 heterocycles. The molecule has 0 saturated heterocycles. The number of aromatic nitrogens is 1. The number of oxazole rings is 1. The maximum atomic E-state index is 10.7. The molecule has 118 valence electrons. The second kappa shape index (κ2) is 7.30. The van der Waals surface area contributed by atoms with Crippen LogP contribution in [0.5, 0.6) is 5.75 Å². The van der Waals surface area contributed by atoms with Gasteiger partial charge in [0.25, 0.3) is 0 Å². The minimum absolute atomic E-state index is 0.204. The van der Waals surface area contributed by atoms with Crippen LogP contribution in [-0.4, -0.2) is 17.9 Å². The summed E-state index contributed by atoms with van der Waals surface area (Å²) in [6.45, 7) is 2.03. The SMILES string of the molecule is Cc1oc(-c2ccccc2)nc1C#CCOc1cccc(C=O)c1. The van der Waals surface area contributed by atoms with Crippen molar-refractivity contribution < 1.29 is 13.9 Å².